The van der Waals surface area contributed by atoms with E-state index in [1.54, 1.807) is 18.2 Å². The van der Waals surface area contributed by atoms with Gasteiger partial charge in [0.1, 0.15) is 24.0 Å². The molecule has 1 heterocycles. The lowest BCUT2D eigenvalue weighted by molar-refractivity contribution is 0.0293. The molecule has 1 aromatic carbocycles. The van der Waals surface area contributed by atoms with E-state index in [0.717, 1.165) is 37.9 Å². The third kappa shape index (κ3) is 11.9. The molecule has 2 rings (SSSR count). The molecule has 0 aliphatic carbocycles. The van der Waals surface area contributed by atoms with E-state index in [-0.39, 0.29) is 47.7 Å². The molecule has 7 nitrogen and oxygen atoms in total. The molecule has 0 spiro atoms. The summed E-state index contributed by atoms with van der Waals surface area (Å²) in [4.78, 5) is 6.19. The molecule has 1 saturated heterocycles. The van der Waals surface area contributed by atoms with Crippen molar-refractivity contribution in [2.75, 3.05) is 39.9 Å². The first kappa shape index (κ1) is 35.6. The van der Waals surface area contributed by atoms with Crippen LogP contribution in [0.25, 0.3) is 0 Å². The number of nitrogens with zero attached hydrogens (tertiary/aromatic N) is 2. The van der Waals surface area contributed by atoms with Crippen LogP contribution in [0.3, 0.4) is 0 Å². The molecular weight excluding hydrogens is 555 g/mol. The van der Waals surface area contributed by atoms with Gasteiger partial charge in [-0.05, 0) is 70.4 Å². The number of aliphatic imine (C=N–C) groups is 1. The molecule has 1 aliphatic rings. The van der Waals surface area contributed by atoms with Gasteiger partial charge in [-0.3, -0.25) is 10.4 Å². The average molecular weight is 602 g/mol. The molecule has 1 aromatic rings. The van der Waals surface area contributed by atoms with E-state index in [1.165, 1.54) is 12.1 Å². The van der Waals surface area contributed by atoms with Gasteiger partial charge in [-0.2, -0.15) is 0 Å². The molecule has 3 atom stereocenters. The zero-order valence-electron chi connectivity index (χ0n) is 25.8. The van der Waals surface area contributed by atoms with Crippen molar-refractivity contribution in [3.8, 4) is 12.3 Å². The van der Waals surface area contributed by atoms with E-state index in [4.69, 9.17) is 27.0 Å². The first-order valence-corrected chi connectivity index (χ1v) is 14.8. The fourth-order valence-corrected chi connectivity index (χ4v) is 4.78. The van der Waals surface area contributed by atoms with Crippen molar-refractivity contribution in [3.05, 3.63) is 70.3 Å². The highest BCUT2D eigenvalue weighted by molar-refractivity contribution is 5.79. The molecule has 0 amide bonds. The first-order valence-electron chi connectivity index (χ1n) is 14.8. The van der Waals surface area contributed by atoms with Gasteiger partial charge in [-0.15, -0.1) is 6.42 Å². The number of hydrogen-bond donors (Lipinski definition) is 3. The number of terminal acetylenes is 1. The maximum atomic E-state index is 16.0. The van der Waals surface area contributed by atoms with E-state index < -0.39 is 24.0 Å². The van der Waals surface area contributed by atoms with Crippen LogP contribution in [-0.2, 0) is 15.9 Å². The number of ether oxygens (including phenoxy) is 2. The van der Waals surface area contributed by atoms with Crippen molar-refractivity contribution in [2.45, 2.75) is 65.0 Å². The number of hydrogen-bond acceptors (Lipinski definition) is 6. The Labute approximate surface area is 254 Å². The van der Waals surface area contributed by atoms with E-state index in [2.05, 4.69) is 21.1 Å². The Morgan fingerprint density at radius 1 is 1.33 bits per heavy atom. The fraction of sp³-hybridized carbons (Fsp3) is 0.515. The molecule has 43 heavy (non-hydrogen) atoms. The second-order valence-electron chi connectivity index (χ2n) is 10.7. The SMILES string of the molecule is C#Cc1cc(CC/C=C/C(C(/F)=C(\CC(=N)N)OC[C@@H](CC)C2CCN2C)=C(\F)C/N=C/OCC(C)NCC)ccc1F. The summed E-state index contributed by atoms with van der Waals surface area (Å²) in [5.41, 5.74) is 6.24. The Morgan fingerprint density at radius 2 is 2.09 bits per heavy atom. The molecule has 2 unspecified atom stereocenters. The number of aryl methyl sites for hydroxylation is 1. The average Bonchev–Trinajstić information content (AvgIpc) is 2.97. The Balaban J connectivity index is 2.29. The predicted octanol–water partition coefficient (Wildman–Crippen LogP) is 5.82. The molecular formula is C33H46F3N5O2. The van der Waals surface area contributed by atoms with Gasteiger partial charge in [-0.25, -0.2) is 13.2 Å². The molecule has 0 saturated carbocycles. The van der Waals surface area contributed by atoms with Crippen molar-refractivity contribution in [2.24, 2.45) is 16.6 Å². The van der Waals surface area contributed by atoms with Gasteiger partial charge in [0, 0.05) is 23.6 Å². The van der Waals surface area contributed by atoms with Crippen LogP contribution in [-0.4, -0.2) is 69.1 Å². The predicted molar refractivity (Wildman–Crippen MR) is 168 cm³/mol. The van der Waals surface area contributed by atoms with Gasteiger partial charge in [-0.1, -0.05) is 38.0 Å². The molecule has 10 heteroatoms. The second-order valence-corrected chi connectivity index (χ2v) is 10.7. The molecule has 1 fully saturated rings. The number of amidine groups is 1. The number of halogens is 3. The highest BCUT2D eigenvalue weighted by Gasteiger charge is 2.32. The number of nitrogens with two attached hydrogens (primary N) is 1. The Hall–Kier alpha value is -3.55. The van der Waals surface area contributed by atoms with Crippen LogP contribution in [0.2, 0.25) is 0 Å². The zero-order chi connectivity index (χ0) is 31.8. The van der Waals surface area contributed by atoms with Crippen LogP contribution in [0.15, 0.2) is 58.3 Å². The fourth-order valence-electron chi connectivity index (χ4n) is 4.78. The van der Waals surface area contributed by atoms with Crippen LogP contribution in [0, 0.1) is 29.5 Å². The van der Waals surface area contributed by atoms with Gasteiger partial charge < -0.3 is 25.4 Å². The van der Waals surface area contributed by atoms with Crippen LogP contribution >= 0.6 is 0 Å². The van der Waals surface area contributed by atoms with Crippen LogP contribution < -0.4 is 11.1 Å². The van der Waals surface area contributed by atoms with Gasteiger partial charge in [0.15, 0.2) is 12.2 Å². The quantitative estimate of drug-likeness (QED) is 0.0611. The lowest BCUT2D eigenvalue weighted by Crippen LogP contribution is -2.50. The van der Waals surface area contributed by atoms with Gasteiger partial charge in [0.25, 0.3) is 0 Å². The summed E-state index contributed by atoms with van der Waals surface area (Å²) < 4.78 is 56.5. The van der Waals surface area contributed by atoms with Crippen LogP contribution in [0.4, 0.5) is 13.2 Å². The first-order chi connectivity index (χ1) is 20.6. The van der Waals surface area contributed by atoms with Gasteiger partial charge in [0.05, 0.1) is 31.0 Å². The minimum atomic E-state index is -0.936. The summed E-state index contributed by atoms with van der Waals surface area (Å²) in [6.45, 7) is 7.87. The molecule has 4 N–H and O–H groups in total. The number of likely N-dealkylation sites (N-methyl/N-ethyl adjacent to an activating group) is 1. The highest BCUT2D eigenvalue weighted by Crippen LogP contribution is 2.29. The van der Waals surface area contributed by atoms with Crippen molar-refractivity contribution in [3.63, 3.8) is 0 Å². The van der Waals surface area contributed by atoms with Crippen molar-refractivity contribution < 1.29 is 22.6 Å². The number of nitrogens with one attached hydrogen (secondary N) is 2. The Bertz CT molecular complexity index is 1220. The highest BCUT2D eigenvalue weighted by atomic mass is 19.1. The number of benzene rings is 1. The van der Waals surface area contributed by atoms with Crippen molar-refractivity contribution in [1.29, 1.82) is 5.41 Å². The molecule has 0 bridgehead atoms. The summed E-state index contributed by atoms with van der Waals surface area (Å²) in [6.07, 6.45) is 11.9. The van der Waals surface area contributed by atoms with Crippen LogP contribution in [0.5, 0.6) is 0 Å². The second kappa shape index (κ2) is 18.9. The standard InChI is InChI=1S/C33H46F3N5O2/c1-6-25-17-24(13-14-28(25)34)11-9-10-12-27(29(35)19-39-22-42-20-23(4)40-8-3)33(36)31(18-32(37)38)43-21-26(7-2)30-15-16-41(30)5/h1,10,12-14,17,22-23,26,30,40H,7-9,11,15-16,18-21H2,2-5H3,(H3,37,38)/b12-10+,29-27+,33-31-,39-22+/t23?,26-,30?/m1/s1. The summed E-state index contributed by atoms with van der Waals surface area (Å²) in [5.74, 6) is -0.287. The van der Waals surface area contributed by atoms with Crippen LogP contribution in [0.1, 0.15) is 57.6 Å². The van der Waals surface area contributed by atoms with Gasteiger partial charge >= 0.3 is 0 Å². The third-order valence-corrected chi connectivity index (χ3v) is 7.36. The smallest absolute Gasteiger partial charge is 0.171 e. The molecule has 0 radical (unpaired) electrons. The number of rotatable bonds is 19. The monoisotopic (exact) mass is 601 g/mol. The molecule has 0 aromatic heterocycles. The maximum absolute atomic E-state index is 16.0. The largest absolute Gasteiger partial charge is 0.494 e. The number of allylic oxidation sites excluding steroid dienone is 4. The summed E-state index contributed by atoms with van der Waals surface area (Å²) in [6, 6.07) is 4.91. The molecule has 236 valence electrons. The Morgan fingerprint density at radius 3 is 2.70 bits per heavy atom. The van der Waals surface area contributed by atoms with E-state index >= 15 is 8.78 Å². The Kier molecular flexibility index (Phi) is 15.6. The normalized spacial score (nSPS) is 18.0. The zero-order valence-corrected chi connectivity index (χ0v) is 25.8. The van der Waals surface area contributed by atoms with E-state index in [0.29, 0.717) is 25.5 Å². The van der Waals surface area contributed by atoms with Gasteiger partial charge in [0.2, 0.25) is 0 Å². The molecule has 1 aliphatic heterocycles. The maximum Gasteiger partial charge on any atom is 0.171 e. The minimum Gasteiger partial charge on any atom is -0.494 e. The summed E-state index contributed by atoms with van der Waals surface area (Å²) in [5, 5.41) is 11.0. The lowest BCUT2D eigenvalue weighted by Gasteiger charge is -2.42. The van der Waals surface area contributed by atoms with Crippen molar-refractivity contribution >= 4 is 12.2 Å². The lowest BCUT2D eigenvalue weighted by atomic mass is 9.88. The third-order valence-electron chi connectivity index (χ3n) is 7.36. The summed E-state index contributed by atoms with van der Waals surface area (Å²) in [7, 11) is 2.04. The number of likely N-dealkylation sites (tertiary alicyclic amines) is 1. The van der Waals surface area contributed by atoms with E-state index in [1.807, 2.05) is 27.8 Å². The summed E-state index contributed by atoms with van der Waals surface area (Å²) >= 11 is 0. The van der Waals surface area contributed by atoms with E-state index in [9.17, 15) is 4.39 Å². The topological polar surface area (TPSA) is 96.0 Å². The minimum absolute atomic E-state index is 0.0893. The van der Waals surface area contributed by atoms with Crippen molar-refractivity contribution in [1.82, 2.24) is 10.2 Å².